The maximum Gasteiger partial charge on any atom is 0.222 e. The zero-order valence-corrected chi connectivity index (χ0v) is 18.6. The van der Waals surface area contributed by atoms with Gasteiger partial charge in [0.2, 0.25) is 5.91 Å². The van der Waals surface area contributed by atoms with Gasteiger partial charge in [-0.3, -0.25) is 4.79 Å². The highest BCUT2D eigenvalue weighted by Gasteiger charge is 2.25. The Hall–Kier alpha value is -3.03. The van der Waals surface area contributed by atoms with Crippen LogP contribution in [0.25, 0.3) is 11.2 Å². The molecule has 2 fully saturated rings. The molecule has 1 aromatic carbocycles. The Morgan fingerprint density at radius 3 is 2.53 bits per heavy atom. The predicted molar refractivity (Wildman–Crippen MR) is 123 cm³/mol. The molecule has 1 amide bonds. The number of fused-ring (bicyclic) bond motifs is 1. The highest BCUT2D eigenvalue weighted by molar-refractivity contribution is 5.83. The number of nitrogens with zero attached hydrogens (tertiary/aromatic N) is 7. The van der Waals surface area contributed by atoms with Crippen molar-refractivity contribution in [3.8, 4) is 0 Å². The molecule has 1 aliphatic heterocycles. The third-order valence-electron chi connectivity index (χ3n) is 6.88. The van der Waals surface area contributed by atoms with Crippen LogP contribution in [-0.4, -0.2) is 61.9 Å². The summed E-state index contributed by atoms with van der Waals surface area (Å²) in [6, 6.07) is 10.2. The quantitative estimate of drug-likeness (QED) is 0.594. The zero-order chi connectivity index (χ0) is 21.8. The molecule has 0 bridgehead atoms. The molecule has 5 rings (SSSR count). The molecule has 32 heavy (non-hydrogen) atoms. The highest BCUT2D eigenvalue weighted by Crippen LogP contribution is 2.28. The van der Waals surface area contributed by atoms with Crippen molar-refractivity contribution in [2.45, 2.75) is 51.5 Å². The minimum atomic E-state index is 0.303. The van der Waals surface area contributed by atoms with E-state index in [9.17, 15) is 4.79 Å². The molecule has 1 aliphatic carbocycles. The van der Waals surface area contributed by atoms with Gasteiger partial charge in [-0.2, -0.15) is 0 Å². The van der Waals surface area contributed by atoms with Crippen molar-refractivity contribution in [1.82, 2.24) is 29.9 Å². The van der Waals surface area contributed by atoms with E-state index in [1.165, 1.54) is 32.1 Å². The number of anilines is 1. The maximum atomic E-state index is 12.7. The van der Waals surface area contributed by atoms with Gasteiger partial charge in [0.05, 0.1) is 6.54 Å². The van der Waals surface area contributed by atoms with E-state index in [0.29, 0.717) is 18.9 Å². The number of hydrogen-bond acceptors (Lipinski definition) is 6. The van der Waals surface area contributed by atoms with Gasteiger partial charge in [-0.25, -0.2) is 14.6 Å². The summed E-state index contributed by atoms with van der Waals surface area (Å²) in [6.07, 6.45) is 9.96. The second-order valence-electron chi connectivity index (χ2n) is 9.01. The third kappa shape index (κ3) is 4.59. The maximum absolute atomic E-state index is 12.7. The average Bonchev–Trinajstić information content (AvgIpc) is 3.27. The number of hydrogen-bond donors (Lipinski definition) is 0. The van der Waals surface area contributed by atoms with Crippen LogP contribution in [0.5, 0.6) is 0 Å². The minimum Gasteiger partial charge on any atom is -0.351 e. The molecular formula is C24H31N7O. The summed E-state index contributed by atoms with van der Waals surface area (Å²) < 4.78 is 1.82. The van der Waals surface area contributed by atoms with Crippen molar-refractivity contribution < 1.29 is 4.79 Å². The number of benzene rings is 1. The van der Waals surface area contributed by atoms with Crippen molar-refractivity contribution in [1.29, 1.82) is 0 Å². The molecule has 8 heteroatoms. The Balaban J connectivity index is 1.21. The second-order valence-corrected chi connectivity index (χ2v) is 9.01. The van der Waals surface area contributed by atoms with E-state index in [1.807, 2.05) is 27.8 Å². The van der Waals surface area contributed by atoms with Gasteiger partial charge in [0.25, 0.3) is 0 Å². The molecule has 1 saturated heterocycles. The Kier molecular flexibility index (Phi) is 6.27. The van der Waals surface area contributed by atoms with Gasteiger partial charge in [0.15, 0.2) is 17.0 Å². The van der Waals surface area contributed by atoms with Crippen molar-refractivity contribution in [2.75, 3.05) is 31.1 Å². The van der Waals surface area contributed by atoms with Gasteiger partial charge in [0, 0.05) is 32.6 Å². The third-order valence-corrected chi connectivity index (χ3v) is 6.88. The van der Waals surface area contributed by atoms with Crippen LogP contribution < -0.4 is 4.90 Å². The smallest absolute Gasteiger partial charge is 0.222 e. The standard InChI is InChI=1S/C24H31N7O/c32-21(12-11-19-7-3-1-4-8-19)29-13-15-30(16-14-29)23-22-24(26-18-25-23)31(28-27-22)17-20-9-5-2-6-10-20/h2,5-6,9-10,18-19H,1,3-4,7-8,11-17H2. The number of carbonyl (C=O) groups excluding carboxylic acids is 1. The van der Waals surface area contributed by atoms with E-state index < -0.39 is 0 Å². The van der Waals surface area contributed by atoms with Crippen LogP contribution in [0.1, 0.15) is 50.5 Å². The number of carbonyl (C=O) groups is 1. The molecule has 1 saturated carbocycles. The lowest BCUT2D eigenvalue weighted by atomic mass is 9.86. The van der Waals surface area contributed by atoms with Crippen molar-refractivity contribution >= 4 is 22.9 Å². The van der Waals surface area contributed by atoms with Crippen molar-refractivity contribution in [3.63, 3.8) is 0 Å². The Morgan fingerprint density at radius 2 is 1.75 bits per heavy atom. The minimum absolute atomic E-state index is 0.303. The first-order valence-electron chi connectivity index (χ1n) is 11.9. The van der Waals surface area contributed by atoms with Gasteiger partial charge in [-0.05, 0) is 17.9 Å². The van der Waals surface area contributed by atoms with E-state index in [1.54, 1.807) is 6.33 Å². The molecule has 2 aliphatic rings. The predicted octanol–water partition coefficient (Wildman–Crippen LogP) is 3.28. The van der Waals surface area contributed by atoms with Gasteiger partial charge < -0.3 is 9.80 Å². The largest absolute Gasteiger partial charge is 0.351 e. The van der Waals surface area contributed by atoms with Crippen molar-refractivity contribution in [2.24, 2.45) is 5.92 Å². The second kappa shape index (κ2) is 9.63. The first-order chi connectivity index (χ1) is 15.8. The summed E-state index contributed by atoms with van der Waals surface area (Å²) in [4.78, 5) is 25.9. The van der Waals surface area contributed by atoms with E-state index in [-0.39, 0.29) is 0 Å². The average molecular weight is 434 g/mol. The van der Waals surface area contributed by atoms with Crippen LogP contribution in [0.4, 0.5) is 5.82 Å². The lowest BCUT2D eigenvalue weighted by molar-refractivity contribution is -0.131. The fourth-order valence-electron chi connectivity index (χ4n) is 5.00. The van der Waals surface area contributed by atoms with Crippen LogP contribution in [0, 0.1) is 5.92 Å². The molecule has 168 valence electrons. The summed E-state index contributed by atoms with van der Waals surface area (Å²) in [5.74, 6) is 1.86. The molecule has 0 atom stereocenters. The lowest BCUT2D eigenvalue weighted by Gasteiger charge is -2.35. The van der Waals surface area contributed by atoms with Crippen LogP contribution in [0.15, 0.2) is 36.7 Å². The molecule has 0 unspecified atom stereocenters. The Labute approximate surface area is 188 Å². The molecule has 0 radical (unpaired) electrons. The van der Waals surface area contributed by atoms with Gasteiger partial charge in [-0.15, -0.1) is 5.10 Å². The summed E-state index contributed by atoms with van der Waals surface area (Å²) in [6.45, 7) is 3.59. The molecular weight excluding hydrogens is 402 g/mol. The molecule has 2 aromatic heterocycles. The zero-order valence-electron chi connectivity index (χ0n) is 18.6. The van der Waals surface area contributed by atoms with Gasteiger partial charge in [0.1, 0.15) is 6.33 Å². The van der Waals surface area contributed by atoms with E-state index in [2.05, 4.69) is 37.3 Å². The molecule has 8 nitrogen and oxygen atoms in total. The van der Waals surface area contributed by atoms with E-state index in [0.717, 1.165) is 61.1 Å². The Morgan fingerprint density at radius 1 is 0.969 bits per heavy atom. The SMILES string of the molecule is O=C(CCC1CCCCC1)N1CCN(c2ncnc3c2nnn3Cc2ccccc2)CC1. The lowest BCUT2D eigenvalue weighted by Crippen LogP contribution is -2.49. The molecule has 3 aromatic rings. The van der Waals surface area contributed by atoms with Crippen LogP contribution in [-0.2, 0) is 11.3 Å². The van der Waals surface area contributed by atoms with Gasteiger partial charge in [-0.1, -0.05) is 67.6 Å². The summed E-state index contributed by atoms with van der Waals surface area (Å²) >= 11 is 0. The fourth-order valence-corrected chi connectivity index (χ4v) is 5.00. The number of amides is 1. The first-order valence-corrected chi connectivity index (χ1v) is 11.9. The fraction of sp³-hybridized carbons (Fsp3) is 0.542. The molecule has 3 heterocycles. The van der Waals surface area contributed by atoms with Crippen LogP contribution in [0.3, 0.4) is 0 Å². The number of piperazine rings is 1. The van der Waals surface area contributed by atoms with Gasteiger partial charge >= 0.3 is 0 Å². The normalized spacial score (nSPS) is 17.8. The summed E-state index contributed by atoms with van der Waals surface area (Å²) in [5.41, 5.74) is 2.62. The monoisotopic (exact) mass is 433 g/mol. The number of aromatic nitrogens is 5. The van der Waals surface area contributed by atoms with Crippen molar-refractivity contribution in [3.05, 3.63) is 42.2 Å². The Bertz CT molecular complexity index is 1040. The van der Waals surface area contributed by atoms with E-state index in [4.69, 9.17) is 0 Å². The molecule has 0 N–H and O–H groups in total. The summed E-state index contributed by atoms with van der Waals surface area (Å²) in [5, 5.41) is 8.72. The number of rotatable bonds is 6. The van der Waals surface area contributed by atoms with Crippen LogP contribution in [0.2, 0.25) is 0 Å². The van der Waals surface area contributed by atoms with E-state index >= 15 is 0 Å². The topological polar surface area (TPSA) is 80.0 Å². The summed E-state index contributed by atoms with van der Waals surface area (Å²) in [7, 11) is 0. The first kappa shape index (κ1) is 20.8. The van der Waals surface area contributed by atoms with Crippen LogP contribution >= 0.6 is 0 Å². The highest BCUT2D eigenvalue weighted by atomic mass is 16.2. The molecule has 0 spiro atoms.